The predicted molar refractivity (Wildman–Crippen MR) is 62.9 cm³/mol. The van der Waals surface area contributed by atoms with Crippen molar-refractivity contribution in [2.75, 3.05) is 19.6 Å². The minimum atomic E-state index is 0.369. The van der Waals surface area contributed by atoms with Crippen molar-refractivity contribution in [3.8, 4) is 0 Å². The van der Waals surface area contributed by atoms with Crippen LogP contribution in [0.4, 0.5) is 0 Å². The van der Waals surface area contributed by atoms with Gasteiger partial charge in [-0.05, 0) is 46.0 Å². The van der Waals surface area contributed by atoms with Crippen LogP contribution in [0.2, 0.25) is 0 Å². The molecule has 2 bridgehead atoms. The van der Waals surface area contributed by atoms with E-state index in [4.69, 9.17) is 0 Å². The molecule has 3 aliphatic rings. The van der Waals surface area contributed by atoms with Gasteiger partial charge in [-0.25, -0.2) is 0 Å². The summed E-state index contributed by atoms with van der Waals surface area (Å²) < 4.78 is 0. The summed E-state index contributed by atoms with van der Waals surface area (Å²) in [6, 6.07) is 1.86. The van der Waals surface area contributed by atoms with Crippen molar-refractivity contribution in [3.63, 3.8) is 0 Å². The van der Waals surface area contributed by atoms with Crippen LogP contribution in [0.15, 0.2) is 0 Å². The molecule has 2 heteroatoms. The molecule has 0 aromatic rings. The Kier molecular flexibility index (Phi) is 2.16. The Morgan fingerprint density at radius 1 is 1.07 bits per heavy atom. The first-order valence-corrected chi connectivity index (χ1v) is 6.56. The zero-order valence-electron chi connectivity index (χ0n) is 10.4. The van der Waals surface area contributed by atoms with E-state index in [1.165, 1.54) is 38.9 Å². The van der Waals surface area contributed by atoms with E-state index in [2.05, 4.69) is 30.6 Å². The molecule has 86 valence electrons. The van der Waals surface area contributed by atoms with Gasteiger partial charge in [-0.2, -0.15) is 0 Å². The summed E-state index contributed by atoms with van der Waals surface area (Å²) in [6.45, 7) is 11.0. The van der Waals surface area contributed by atoms with E-state index in [0.29, 0.717) is 5.54 Å². The van der Waals surface area contributed by atoms with Gasteiger partial charge in [0.15, 0.2) is 0 Å². The van der Waals surface area contributed by atoms with Crippen molar-refractivity contribution in [3.05, 3.63) is 0 Å². The highest BCUT2D eigenvalue weighted by Crippen LogP contribution is 2.44. The first-order chi connectivity index (χ1) is 7.05. The lowest BCUT2D eigenvalue weighted by atomic mass is 9.94. The lowest BCUT2D eigenvalue weighted by molar-refractivity contribution is 0.00209. The van der Waals surface area contributed by atoms with Crippen LogP contribution in [-0.4, -0.2) is 47.1 Å². The maximum Gasteiger partial charge on any atom is 0.0255 e. The van der Waals surface area contributed by atoms with Crippen LogP contribution < -0.4 is 0 Å². The van der Waals surface area contributed by atoms with Crippen LogP contribution in [0.1, 0.15) is 40.0 Å². The van der Waals surface area contributed by atoms with Gasteiger partial charge in [-0.15, -0.1) is 0 Å². The minimum absolute atomic E-state index is 0.369. The minimum Gasteiger partial charge on any atom is -0.296 e. The molecule has 0 N–H and O–H groups in total. The van der Waals surface area contributed by atoms with Crippen molar-refractivity contribution in [2.45, 2.75) is 57.7 Å². The van der Waals surface area contributed by atoms with Gasteiger partial charge in [-0.1, -0.05) is 0 Å². The second-order valence-electron chi connectivity index (χ2n) is 6.65. The standard InChI is InChI=1S/C13H24N2/c1-13(2,3)14-6-7-15-11-5-4-10(8-11)12(15)9-14/h10-12H,4-9H2,1-3H3. The molecule has 3 rings (SSSR count). The van der Waals surface area contributed by atoms with E-state index in [1.807, 2.05) is 0 Å². The maximum atomic E-state index is 2.82. The fourth-order valence-corrected chi connectivity index (χ4v) is 3.95. The molecule has 2 nitrogen and oxygen atoms in total. The molecule has 0 amide bonds. The fraction of sp³-hybridized carbons (Fsp3) is 1.00. The summed E-state index contributed by atoms with van der Waals surface area (Å²) in [6.07, 6.45) is 4.49. The Balaban J connectivity index is 1.73. The van der Waals surface area contributed by atoms with Crippen LogP contribution in [-0.2, 0) is 0 Å². The number of nitrogens with zero attached hydrogens (tertiary/aromatic N) is 2. The first-order valence-electron chi connectivity index (χ1n) is 6.56. The number of piperazine rings is 1. The SMILES string of the molecule is CC(C)(C)N1CCN2C3CCC(C3)C2C1. The highest BCUT2D eigenvalue weighted by atomic mass is 15.3. The number of fused-ring (bicyclic) bond motifs is 5. The van der Waals surface area contributed by atoms with Crippen molar-refractivity contribution in [1.29, 1.82) is 0 Å². The third-order valence-electron chi connectivity index (χ3n) is 4.87. The third-order valence-corrected chi connectivity index (χ3v) is 4.87. The van der Waals surface area contributed by atoms with Gasteiger partial charge < -0.3 is 0 Å². The summed E-state index contributed by atoms with van der Waals surface area (Å²) in [7, 11) is 0. The number of piperidine rings is 1. The highest BCUT2D eigenvalue weighted by Gasteiger charge is 2.48. The van der Waals surface area contributed by atoms with E-state index in [0.717, 1.165) is 18.0 Å². The van der Waals surface area contributed by atoms with Gasteiger partial charge in [0.05, 0.1) is 0 Å². The molecule has 15 heavy (non-hydrogen) atoms. The van der Waals surface area contributed by atoms with Crippen molar-refractivity contribution in [2.24, 2.45) is 5.92 Å². The number of hydrogen-bond acceptors (Lipinski definition) is 2. The van der Waals surface area contributed by atoms with Crippen LogP contribution >= 0.6 is 0 Å². The van der Waals surface area contributed by atoms with Gasteiger partial charge in [0.2, 0.25) is 0 Å². The first kappa shape index (κ1) is 10.1. The summed E-state index contributed by atoms with van der Waals surface area (Å²) in [5.41, 5.74) is 0.369. The third kappa shape index (κ3) is 1.53. The number of hydrogen-bond donors (Lipinski definition) is 0. The number of rotatable bonds is 0. The average Bonchev–Trinajstić information content (AvgIpc) is 2.76. The molecule has 0 aromatic heterocycles. The zero-order chi connectivity index (χ0) is 10.6. The second-order valence-corrected chi connectivity index (χ2v) is 6.65. The van der Waals surface area contributed by atoms with Gasteiger partial charge >= 0.3 is 0 Å². The van der Waals surface area contributed by atoms with Gasteiger partial charge in [0.25, 0.3) is 0 Å². The molecule has 2 saturated heterocycles. The van der Waals surface area contributed by atoms with Crippen molar-refractivity contribution >= 4 is 0 Å². The van der Waals surface area contributed by atoms with E-state index in [9.17, 15) is 0 Å². The van der Waals surface area contributed by atoms with Gasteiger partial charge in [0, 0.05) is 37.3 Å². The Morgan fingerprint density at radius 3 is 2.60 bits per heavy atom. The fourth-order valence-electron chi connectivity index (χ4n) is 3.95. The molecule has 0 radical (unpaired) electrons. The Hall–Kier alpha value is -0.0800. The molecule has 1 aliphatic carbocycles. The van der Waals surface area contributed by atoms with Crippen molar-refractivity contribution in [1.82, 2.24) is 9.80 Å². The summed E-state index contributed by atoms with van der Waals surface area (Å²) in [5.74, 6) is 1.03. The van der Waals surface area contributed by atoms with Gasteiger partial charge in [-0.3, -0.25) is 9.80 Å². The van der Waals surface area contributed by atoms with Crippen LogP contribution in [0.25, 0.3) is 0 Å². The summed E-state index contributed by atoms with van der Waals surface area (Å²) in [5, 5.41) is 0. The lowest BCUT2D eigenvalue weighted by Gasteiger charge is -2.48. The smallest absolute Gasteiger partial charge is 0.0255 e. The second kappa shape index (κ2) is 3.21. The largest absolute Gasteiger partial charge is 0.296 e. The summed E-state index contributed by atoms with van der Waals surface area (Å²) >= 11 is 0. The van der Waals surface area contributed by atoms with Crippen molar-refractivity contribution < 1.29 is 0 Å². The van der Waals surface area contributed by atoms with E-state index in [-0.39, 0.29) is 0 Å². The molecule has 1 saturated carbocycles. The molecule has 3 atom stereocenters. The Bertz CT molecular complexity index is 256. The summed E-state index contributed by atoms with van der Waals surface area (Å²) in [4.78, 5) is 5.51. The topological polar surface area (TPSA) is 6.48 Å². The molecule has 3 unspecified atom stereocenters. The molecule has 2 aliphatic heterocycles. The van der Waals surface area contributed by atoms with E-state index < -0.39 is 0 Å². The molecule has 3 fully saturated rings. The maximum absolute atomic E-state index is 2.82. The van der Waals surface area contributed by atoms with Crippen LogP contribution in [0.5, 0.6) is 0 Å². The quantitative estimate of drug-likeness (QED) is 0.600. The van der Waals surface area contributed by atoms with E-state index in [1.54, 1.807) is 0 Å². The monoisotopic (exact) mass is 208 g/mol. The van der Waals surface area contributed by atoms with E-state index >= 15 is 0 Å². The molecule has 2 heterocycles. The van der Waals surface area contributed by atoms with Crippen LogP contribution in [0.3, 0.4) is 0 Å². The zero-order valence-corrected chi connectivity index (χ0v) is 10.4. The predicted octanol–water partition coefficient (Wildman–Crippen LogP) is 1.95. The molecular formula is C13H24N2. The highest BCUT2D eigenvalue weighted by molar-refractivity contribution is 5.03. The Labute approximate surface area is 93.6 Å². The Morgan fingerprint density at radius 2 is 1.87 bits per heavy atom. The lowest BCUT2D eigenvalue weighted by Crippen LogP contribution is -2.59. The van der Waals surface area contributed by atoms with Crippen LogP contribution in [0, 0.1) is 5.92 Å². The normalized spacial score (nSPS) is 42.2. The molecular weight excluding hydrogens is 184 g/mol. The average molecular weight is 208 g/mol. The van der Waals surface area contributed by atoms with Gasteiger partial charge in [0.1, 0.15) is 0 Å². The molecule has 0 spiro atoms. The molecule has 0 aromatic carbocycles.